The predicted molar refractivity (Wildman–Crippen MR) is 103 cm³/mol. The molecule has 0 bridgehead atoms. The van der Waals surface area contributed by atoms with Crippen LogP contribution in [-0.4, -0.2) is 48.2 Å². The van der Waals surface area contributed by atoms with E-state index in [1.54, 1.807) is 9.80 Å². The molecule has 0 spiro atoms. The molecule has 6 nitrogen and oxygen atoms in total. The lowest BCUT2D eigenvalue weighted by Crippen LogP contribution is -3.20. The Morgan fingerprint density at radius 1 is 0.462 bits per heavy atom. The van der Waals surface area contributed by atoms with E-state index in [4.69, 9.17) is 19.8 Å². The van der Waals surface area contributed by atoms with E-state index >= 15 is 0 Å². The second kappa shape index (κ2) is 15.0. The molecule has 0 aliphatic rings. The summed E-state index contributed by atoms with van der Waals surface area (Å²) in [5, 5.41) is 17.9. The summed E-state index contributed by atoms with van der Waals surface area (Å²) in [4.78, 5) is 21.2. The fourth-order valence-electron chi connectivity index (χ4n) is 4.00. The Labute approximate surface area is 161 Å². The molecule has 0 amide bonds. The summed E-state index contributed by atoms with van der Waals surface area (Å²) >= 11 is 0. The second-order valence-electron chi connectivity index (χ2n) is 8.50. The van der Waals surface area contributed by atoms with Gasteiger partial charge in [-0.25, -0.2) is 0 Å². The molecule has 0 aromatic rings. The van der Waals surface area contributed by atoms with Gasteiger partial charge >= 0.3 is 0 Å². The van der Waals surface area contributed by atoms with E-state index in [-0.39, 0.29) is 0 Å². The van der Waals surface area contributed by atoms with E-state index in [9.17, 15) is 0 Å². The van der Waals surface area contributed by atoms with Crippen LogP contribution in [0.3, 0.4) is 0 Å². The standard InChI is InChI=1S/2C9H21N.C2H2O4/c2*1-7(2)10(8(3)4)9(5)6;3-1(4)2(5)6/h2*7-9H,1-6H3;(H,3,4)(H,5,6). The van der Waals surface area contributed by atoms with E-state index in [1.807, 2.05) is 0 Å². The lowest BCUT2D eigenvalue weighted by Gasteiger charge is -2.31. The van der Waals surface area contributed by atoms with Gasteiger partial charge in [-0.2, -0.15) is 0 Å². The number of carboxylic acid groups (broad SMARTS) is 2. The van der Waals surface area contributed by atoms with Crippen LogP contribution in [-0.2, 0) is 9.59 Å². The van der Waals surface area contributed by atoms with Crippen molar-refractivity contribution in [1.29, 1.82) is 0 Å². The molecule has 0 radical (unpaired) electrons. The Hall–Kier alpha value is -1.14. The molecule has 158 valence electrons. The highest BCUT2D eigenvalue weighted by Crippen LogP contribution is 1.82. The van der Waals surface area contributed by atoms with Crippen LogP contribution in [0.5, 0.6) is 0 Å². The lowest BCUT2D eigenvalue weighted by molar-refractivity contribution is -0.962. The highest BCUT2D eigenvalue weighted by atomic mass is 16.4. The van der Waals surface area contributed by atoms with Crippen LogP contribution in [0, 0.1) is 0 Å². The SMILES string of the molecule is CC(C)[NH+](C(C)C)C(C)C.CC(C)[NH+](C(C)C)C(C)C.O=C([O-])C(=O)[O-]. The number of aliphatic carboxylic acids is 2. The van der Waals surface area contributed by atoms with Gasteiger partial charge in [0.1, 0.15) is 0 Å². The number of carbonyl (C=O) groups is 2. The minimum Gasteiger partial charge on any atom is -0.543 e. The molecule has 0 fully saturated rings. The van der Waals surface area contributed by atoms with Crippen molar-refractivity contribution in [2.24, 2.45) is 0 Å². The highest BCUT2D eigenvalue weighted by molar-refractivity contribution is 6.25. The number of rotatable bonds is 6. The van der Waals surface area contributed by atoms with Crippen molar-refractivity contribution in [2.45, 2.75) is 119 Å². The molecule has 0 heterocycles. The average Bonchev–Trinajstić information content (AvgIpc) is 2.36. The lowest BCUT2D eigenvalue weighted by atomic mass is 10.2. The van der Waals surface area contributed by atoms with Crippen molar-refractivity contribution >= 4 is 11.9 Å². The summed E-state index contributed by atoms with van der Waals surface area (Å²) in [5.41, 5.74) is 0. The zero-order valence-electron chi connectivity index (χ0n) is 19.1. The van der Waals surface area contributed by atoms with Gasteiger partial charge in [-0.05, 0) is 83.1 Å². The van der Waals surface area contributed by atoms with Gasteiger partial charge in [-0.15, -0.1) is 0 Å². The maximum atomic E-state index is 8.93. The van der Waals surface area contributed by atoms with Crippen LogP contribution in [0.4, 0.5) is 0 Å². The third-order valence-electron chi connectivity index (χ3n) is 4.17. The van der Waals surface area contributed by atoms with Gasteiger partial charge < -0.3 is 29.6 Å². The van der Waals surface area contributed by atoms with Gasteiger partial charge in [0, 0.05) is 0 Å². The first-order valence-electron chi connectivity index (χ1n) is 9.73. The Morgan fingerprint density at radius 2 is 0.577 bits per heavy atom. The highest BCUT2D eigenvalue weighted by Gasteiger charge is 2.20. The molecular weight excluding hydrogens is 332 g/mol. The first kappa shape index (κ1) is 29.6. The molecule has 0 aliphatic carbocycles. The second-order valence-corrected chi connectivity index (χ2v) is 8.50. The van der Waals surface area contributed by atoms with Gasteiger partial charge in [0.15, 0.2) is 0 Å². The third kappa shape index (κ3) is 15.1. The summed E-state index contributed by atoms with van der Waals surface area (Å²) in [7, 11) is 0. The summed E-state index contributed by atoms with van der Waals surface area (Å²) < 4.78 is 0. The number of carbonyl (C=O) groups excluding carboxylic acids is 2. The van der Waals surface area contributed by atoms with Crippen molar-refractivity contribution in [2.75, 3.05) is 0 Å². The fraction of sp³-hybridized carbons (Fsp3) is 0.900. The van der Waals surface area contributed by atoms with Crippen molar-refractivity contribution in [3.8, 4) is 0 Å². The van der Waals surface area contributed by atoms with Crippen molar-refractivity contribution in [1.82, 2.24) is 0 Å². The van der Waals surface area contributed by atoms with Gasteiger partial charge in [-0.1, -0.05) is 0 Å². The smallest absolute Gasteiger partial charge is 0.0870 e. The zero-order valence-corrected chi connectivity index (χ0v) is 19.1. The third-order valence-corrected chi connectivity index (χ3v) is 4.17. The summed E-state index contributed by atoms with van der Waals surface area (Å²) in [6.45, 7) is 27.4. The maximum Gasteiger partial charge on any atom is 0.0870 e. The summed E-state index contributed by atoms with van der Waals surface area (Å²) in [6.07, 6.45) is 0. The molecule has 0 aromatic carbocycles. The first-order chi connectivity index (χ1) is 11.6. The van der Waals surface area contributed by atoms with E-state index < -0.39 is 11.9 Å². The van der Waals surface area contributed by atoms with Gasteiger partial charge in [-0.3, -0.25) is 0 Å². The molecule has 0 aromatic heterocycles. The molecule has 0 saturated heterocycles. The predicted octanol–water partition coefficient (Wildman–Crippen LogP) is -1.32. The molecule has 0 unspecified atom stereocenters. The van der Waals surface area contributed by atoms with Crippen LogP contribution < -0.4 is 20.0 Å². The van der Waals surface area contributed by atoms with Crippen LogP contribution in [0.15, 0.2) is 0 Å². The van der Waals surface area contributed by atoms with E-state index in [2.05, 4.69) is 83.1 Å². The number of carboxylic acids is 2. The van der Waals surface area contributed by atoms with Crippen LogP contribution in [0.1, 0.15) is 83.1 Å². The molecule has 0 rings (SSSR count). The van der Waals surface area contributed by atoms with E-state index in [0.717, 1.165) is 36.3 Å². The Bertz CT molecular complexity index is 304. The van der Waals surface area contributed by atoms with Crippen LogP contribution in [0.25, 0.3) is 0 Å². The maximum absolute atomic E-state index is 8.93. The topological polar surface area (TPSA) is 89.1 Å². The molecule has 26 heavy (non-hydrogen) atoms. The van der Waals surface area contributed by atoms with Crippen molar-refractivity contribution in [3.63, 3.8) is 0 Å². The normalized spacial score (nSPS) is 11.4. The first-order valence-corrected chi connectivity index (χ1v) is 9.73. The average molecular weight is 377 g/mol. The number of hydrogen-bond donors (Lipinski definition) is 2. The zero-order chi connectivity index (χ0) is 21.8. The molecular formula is C20H44N2O4. The van der Waals surface area contributed by atoms with Crippen molar-refractivity contribution in [3.05, 3.63) is 0 Å². The Morgan fingerprint density at radius 3 is 0.577 bits per heavy atom. The minimum absolute atomic E-state index is 0.750. The number of nitrogens with one attached hydrogen (secondary N) is 2. The molecule has 2 N–H and O–H groups in total. The monoisotopic (exact) mass is 376 g/mol. The number of hydrogen-bond acceptors (Lipinski definition) is 4. The summed E-state index contributed by atoms with van der Waals surface area (Å²) in [6, 6.07) is 4.50. The molecule has 0 atom stereocenters. The minimum atomic E-state index is -2.19. The van der Waals surface area contributed by atoms with Gasteiger partial charge in [0.2, 0.25) is 0 Å². The van der Waals surface area contributed by atoms with Gasteiger partial charge in [0.05, 0.1) is 48.2 Å². The summed E-state index contributed by atoms with van der Waals surface area (Å²) in [5.74, 6) is -4.37. The molecule has 0 saturated carbocycles. The Balaban J connectivity index is -0.000000316. The van der Waals surface area contributed by atoms with Crippen LogP contribution in [0.2, 0.25) is 0 Å². The fourth-order valence-corrected chi connectivity index (χ4v) is 4.00. The van der Waals surface area contributed by atoms with E-state index in [1.165, 1.54) is 0 Å². The van der Waals surface area contributed by atoms with E-state index in [0.29, 0.717) is 0 Å². The van der Waals surface area contributed by atoms with Crippen molar-refractivity contribution < 1.29 is 29.6 Å². The number of quaternary nitrogens is 2. The van der Waals surface area contributed by atoms with Crippen LogP contribution >= 0.6 is 0 Å². The Kier molecular flexibility index (Phi) is 17.1. The largest absolute Gasteiger partial charge is 0.543 e. The van der Waals surface area contributed by atoms with Gasteiger partial charge in [0.25, 0.3) is 0 Å². The molecule has 6 heteroatoms. The molecule has 0 aliphatic heterocycles. The quantitative estimate of drug-likeness (QED) is 0.563.